The van der Waals surface area contributed by atoms with Gasteiger partial charge in [0.05, 0.1) is 22.9 Å². The van der Waals surface area contributed by atoms with E-state index < -0.39 is 0 Å². The molecule has 2 rings (SSSR count). The molecule has 0 unspecified atom stereocenters. The highest BCUT2D eigenvalue weighted by Gasteiger charge is 2.09. The van der Waals surface area contributed by atoms with E-state index in [9.17, 15) is 0 Å². The van der Waals surface area contributed by atoms with Gasteiger partial charge in [0.2, 0.25) is 0 Å². The van der Waals surface area contributed by atoms with Crippen molar-refractivity contribution in [3.63, 3.8) is 0 Å². The van der Waals surface area contributed by atoms with E-state index in [0.29, 0.717) is 0 Å². The van der Waals surface area contributed by atoms with E-state index in [1.165, 1.54) is 0 Å². The largest absolute Gasteiger partial charge is 0.264 e. The molecule has 0 radical (unpaired) electrons. The summed E-state index contributed by atoms with van der Waals surface area (Å²) in [5, 5.41) is 11.2. The van der Waals surface area contributed by atoms with Crippen molar-refractivity contribution >= 4 is 45.5 Å². The molecule has 0 aromatic carbocycles. The minimum atomic E-state index is 0.743. The molecule has 0 spiro atoms. The summed E-state index contributed by atoms with van der Waals surface area (Å²) in [6.07, 6.45) is 3.50. The number of tetrazole rings is 1. The molecule has 5 nitrogen and oxygen atoms in total. The van der Waals surface area contributed by atoms with Crippen molar-refractivity contribution in [3.05, 3.63) is 22.0 Å². The fourth-order valence-electron chi connectivity index (χ4n) is 0.887. The normalized spacial score (nSPS) is 10.3. The summed E-state index contributed by atoms with van der Waals surface area (Å²) in [4.78, 5) is 4.00. The Labute approximate surface area is 102 Å². The highest BCUT2D eigenvalue weighted by Crippen LogP contribution is 2.22. The predicted octanol–water partition coefficient (Wildman–Crippen LogP) is 1.54. The Kier molecular flexibility index (Phi) is 2.71. The molecule has 7 heteroatoms. The summed E-state index contributed by atoms with van der Waals surface area (Å²) in [5.41, 5.74) is 0.995. The quantitative estimate of drug-likeness (QED) is 0.684. The van der Waals surface area contributed by atoms with Gasteiger partial charge >= 0.3 is 0 Å². The zero-order valence-electron chi connectivity index (χ0n) is 6.22. The molecule has 0 saturated heterocycles. The molecule has 0 fully saturated rings. The second-order valence-electron chi connectivity index (χ2n) is 2.22. The first-order chi connectivity index (χ1) is 6.29. The first kappa shape index (κ1) is 9.24. The summed E-state index contributed by atoms with van der Waals surface area (Å²) < 4.78 is 2.64. The van der Waals surface area contributed by atoms with E-state index in [1.54, 1.807) is 15.3 Å². The fraction of sp³-hybridized carbons (Fsp3) is 0. The molecule has 0 N–H and O–H groups in total. The van der Waals surface area contributed by atoms with Gasteiger partial charge in [0.1, 0.15) is 0 Å². The van der Waals surface area contributed by atoms with Crippen molar-refractivity contribution in [2.24, 2.45) is 0 Å². The Balaban J connectivity index is 2.59. The fourth-order valence-corrected chi connectivity index (χ4v) is 1.91. The van der Waals surface area contributed by atoms with Crippen molar-refractivity contribution < 1.29 is 0 Å². The molecule has 0 aliphatic heterocycles. The third kappa shape index (κ3) is 1.80. The lowest BCUT2D eigenvalue weighted by Gasteiger charge is -1.98. The summed E-state index contributed by atoms with van der Waals surface area (Å²) in [6.45, 7) is 0. The van der Waals surface area contributed by atoms with Gasteiger partial charge in [0.25, 0.3) is 0 Å². The van der Waals surface area contributed by atoms with Crippen LogP contribution >= 0.6 is 45.5 Å². The van der Waals surface area contributed by atoms with E-state index >= 15 is 0 Å². The smallest absolute Gasteiger partial charge is 0.193 e. The van der Waals surface area contributed by atoms with E-state index in [2.05, 4.69) is 43.1 Å². The standard InChI is InChI=1S/C6H3I2N5/c7-5-3-9-2-1-4(5)6-10-11-12-13(6)8/h1-3H. The van der Waals surface area contributed by atoms with Gasteiger partial charge in [-0.1, -0.05) is 0 Å². The van der Waals surface area contributed by atoms with Gasteiger partial charge < -0.3 is 0 Å². The minimum Gasteiger partial charge on any atom is -0.264 e. The number of pyridine rings is 1. The number of aromatic nitrogens is 5. The number of hydrogen-bond acceptors (Lipinski definition) is 4. The predicted molar refractivity (Wildman–Crippen MR) is 63.2 cm³/mol. The minimum absolute atomic E-state index is 0.743. The molecule has 13 heavy (non-hydrogen) atoms. The first-order valence-electron chi connectivity index (χ1n) is 3.33. The maximum Gasteiger partial charge on any atom is 0.193 e. The van der Waals surface area contributed by atoms with Crippen LogP contribution in [0, 0.1) is 3.57 Å². The topological polar surface area (TPSA) is 56.5 Å². The van der Waals surface area contributed by atoms with Crippen molar-refractivity contribution in [2.45, 2.75) is 0 Å². The van der Waals surface area contributed by atoms with Gasteiger partial charge in [-0.25, -0.2) is 0 Å². The Morgan fingerprint density at radius 3 is 2.85 bits per heavy atom. The maximum atomic E-state index is 4.00. The number of rotatable bonds is 1. The Morgan fingerprint density at radius 1 is 1.38 bits per heavy atom. The zero-order valence-corrected chi connectivity index (χ0v) is 10.5. The average molecular weight is 399 g/mol. The summed E-state index contributed by atoms with van der Waals surface area (Å²) >= 11 is 4.24. The lowest BCUT2D eigenvalue weighted by molar-refractivity contribution is 0.870. The van der Waals surface area contributed by atoms with Gasteiger partial charge in [0, 0.05) is 21.5 Å². The number of halogens is 2. The van der Waals surface area contributed by atoms with Crippen molar-refractivity contribution in [3.8, 4) is 11.4 Å². The van der Waals surface area contributed by atoms with Gasteiger partial charge in [-0.15, -0.1) is 5.10 Å². The molecule has 0 saturated carbocycles. The average Bonchev–Trinajstić information content (AvgIpc) is 2.52. The molecule has 0 aliphatic carbocycles. The van der Waals surface area contributed by atoms with Crippen LogP contribution in [0.2, 0.25) is 0 Å². The highest BCUT2D eigenvalue weighted by atomic mass is 127. The van der Waals surface area contributed by atoms with Gasteiger partial charge in [-0.05, 0) is 39.1 Å². The molecule has 2 heterocycles. The van der Waals surface area contributed by atoms with Crippen LogP contribution in [0.1, 0.15) is 0 Å². The van der Waals surface area contributed by atoms with Crippen LogP contribution in [0.25, 0.3) is 11.4 Å². The monoisotopic (exact) mass is 399 g/mol. The van der Waals surface area contributed by atoms with Gasteiger partial charge in [-0.3, -0.25) is 4.98 Å². The molecule has 0 atom stereocenters. The molecule has 0 aliphatic rings. The summed E-state index contributed by atoms with van der Waals surface area (Å²) in [7, 11) is 0. The van der Waals surface area contributed by atoms with Gasteiger partial charge in [0.15, 0.2) is 5.82 Å². The SMILES string of the molecule is Ic1cnccc1-c1nnnn1I. The molecule has 0 bridgehead atoms. The molecule has 2 aromatic heterocycles. The molecule has 2 aromatic rings. The molecule has 0 amide bonds. The third-order valence-corrected chi connectivity index (χ3v) is 2.96. The van der Waals surface area contributed by atoms with Crippen LogP contribution in [0.4, 0.5) is 0 Å². The molecular formula is C6H3I2N5. The van der Waals surface area contributed by atoms with Crippen molar-refractivity contribution in [2.75, 3.05) is 0 Å². The van der Waals surface area contributed by atoms with E-state index in [-0.39, 0.29) is 0 Å². The first-order valence-corrected chi connectivity index (χ1v) is 5.38. The van der Waals surface area contributed by atoms with E-state index in [1.807, 2.05) is 28.9 Å². The Morgan fingerprint density at radius 2 is 2.23 bits per heavy atom. The van der Waals surface area contributed by atoms with Crippen LogP contribution in [0.15, 0.2) is 18.5 Å². The Hall–Kier alpha value is -0.320. The van der Waals surface area contributed by atoms with Gasteiger partial charge in [-0.2, -0.15) is 2.90 Å². The summed E-state index contributed by atoms with van der Waals surface area (Å²) in [6, 6.07) is 1.89. The molecular weight excluding hydrogens is 396 g/mol. The maximum absolute atomic E-state index is 4.00. The van der Waals surface area contributed by atoms with Crippen molar-refractivity contribution in [1.82, 2.24) is 23.4 Å². The molecule has 66 valence electrons. The second-order valence-corrected chi connectivity index (χ2v) is 4.29. The zero-order chi connectivity index (χ0) is 9.26. The van der Waals surface area contributed by atoms with Crippen LogP contribution in [0.5, 0.6) is 0 Å². The summed E-state index contributed by atoms with van der Waals surface area (Å²) in [5.74, 6) is 0.743. The van der Waals surface area contributed by atoms with Crippen molar-refractivity contribution in [1.29, 1.82) is 0 Å². The lowest BCUT2D eigenvalue weighted by Crippen LogP contribution is -1.90. The Bertz CT molecular complexity index is 426. The number of nitrogens with zero attached hydrogens (tertiary/aromatic N) is 5. The van der Waals surface area contributed by atoms with Crippen LogP contribution < -0.4 is 0 Å². The third-order valence-electron chi connectivity index (χ3n) is 1.45. The lowest BCUT2D eigenvalue weighted by atomic mass is 10.3. The second kappa shape index (κ2) is 3.82. The van der Waals surface area contributed by atoms with Crippen LogP contribution in [-0.2, 0) is 0 Å². The number of hydrogen-bond donors (Lipinski definition) is 0. The highest BCUT2D eigenvalue weighted by molar-refractivity contribution is 14.1. The van der Waals surface area contributed by atoms with Crippen LogP contribution in [0.3, 0.4) is 0 Å². The van der Waals surface area contributed by atoms with E-state index in [0.717, 1.165) is 15.0 Å². The van der Waals surface area contributed by atoms with E-state index in [4.69, 9.17) is 0 Å². The van der Waals surface area contributed by atoms with Crippen LogP contribution in [-0.4, -0.2) is 23.4 Å².